The van der Waals surface area contributed by atoms with Crippen LogP contribution in [0.4, 0.5) is 0 Å². The molecule has 0 aromatic rings. The predicted molar refractivity (Wildman–Crippen MR) is 55.8 cm³/mol. The van der Waals surface area contributed by atoms with Crippen molar-refractivity contribution in [3.05, 3.63) is 0 Å². The Labute approximate surface area is 85.9 Å². The van der Waals surface area contributed by atoms with Crippen LogP contribution in [-0.2, 0) is 4.79 Å². The monoisotopic (exact) mass is 199 g/mol. The third-order valence-corrected chi connectivity index (χ3v) is 2.74. The number of hydrogen-bond acceptors (Lipinski definition) is 2. The molecule has 0 aromatic carbocycles. The van der Waals surface area contributed by atoms with Crippen LogP contribution in [0.3, 0.4) is 0 Å². The summed E-state index contributed by atoms with van der Waals surface area (Å²) in [5.41, 5.74) is 0. The Kier molecular flexibility index (Phi) is 4.39. The van der Waals surface area contributed by atoms with Crippen molar-refractivity contribution in [2.75, 3.05) is 6.54 Å². The van der Waals surface area contributed by atoms with E-state index >= 15 is 0 Å². The van der Waals surface area contributed by atoms with E-state index in [4.69, 9.17) is 5.11 Å². The van der Waals surface area contributed by atoms with Crippen LogP contribution in [-0.4, -0.2) is 23.7 Å². The van der Waals surface area contributed by atoms with E-state index in [-0.39, 0.29) is 17.9 Å². The maximum atomic E-state index is 11.4. The maximum absolute atomic E-state index is 11.4. The summed E-state index contributed by atoms with van der Waals surface area (Å²) in [4.78, 5) is 11.4. The summed E-state index contributed by atoms with van der Waals surface area (Å²) in [5.74, 6) is 0.903. The molecule has 0 aliphatic heterocycles. The van der Waals surface area contributed by atoms with Gasteiger partial charge in [0.1, 0.15) is 0 Å². The van der Waals surface area contributed by atoms with E-state index in [0.29, 0.717) is 18.8 Å². The van der Waals surface area contributed by atoms with Crippen LogP contribution in [0.15, 0.2) is 0 Å². The third kappa shape index (κ3) is 3.66. The van der Waals surface area contributed by atoms with Gasteiger partial charge in [-0.2, -0.15) is 0 Å². The van der Waals surface area contributed by atoms with Gasteiger partial charge in [0.15, 0.2) is 0 Å². The lowest BCUT2D eigenvalue weighted by molar-refractivity contribution is -0.131. The van der Waals surface area contributed by atoms with E-state index in [0.717, 1.165) is 19.4 Å². The maximum Gasteiger partial charge on any atom is 0.223 e. The smallest absolute Gasteiger partial charge is 0.223 e. The van der Waals surface area contributed by atoms with Crippen molar-refractivity contribution in [2.45, 2.75) is 45.6 Å². The lowest BCUT2D eigenvalue weighted by Gasteiger charge is -2.30. The first-order valence-electron chi connectivity index (χ1n) is 5.55. The first-order chi connectivity index (χ1) is 6.59. The van der Waals surface area contributed by atoms with Crippen LogP contribution in [0.1, 0.15) is 39.5 Å². The summed E-state index contributed by atoms with van der Waals surface area (Å²) < 4.78 is 0. The number of carbonyl (C=O) groups is 1. The second kappa shape index (κ2) is 5.35. The molecule has 3 heteroatoms. The first kappa shape index (κ1) is 11.5. The van der Waals surface area contributed by atoms with Crippen LogP contribution < -0.4 is 5.32 Å². The number of aliphatic hydroxyl groups excluding tert-OH is 1. The van der Waals surface area contributed by atoms with E-state index in [9.17, 15) is 4.79 Å². The van der Waals surface area contributed by atoms with Crippen LogP contribution >= 0.6 is 0 Å². The molecule has 0 unspecified atom stereocenters. The van der Waals surface area contributed by atoms with E-state index in [1.165, 1.54) is 0 Å². The third-order valence-electron chi connectivity index (χ3n) is 2.74. The van der Waals surface area contributed by atoms with Crippen molar-refractivity contribution < 1.29 is 9.90 Å². The molecule has 82 valence electrons. The Morgan fingerprint density at radius 3 is 2.64 bits per heavy atom. The minimum atomic E-state index is -0.235. The second-order valence-electron chi connectivity index (χ2n) is 4.65. The number of rotatable bonds is 5. The molecule has 0 atom stereocenters. The van der Waals surface area contributed by atoms with Crippen LogP contribution in [0.25, 0.3) is 0 Å². The summed E-state index contributed by atoms with van der Waals surface area (Å²) in [6.45, 7) is 5.15. The molecule has 14 heavy (non-hydrogen) atoms. The summed E-state index contributed by atoms with van der Waals surface area (Å²) in [7, 11) is 0. The molecule has 2 N–H and O–H groups in total. The molecule has 1 aliphatic carbocycles. The SMILES string of the molecule is CC(C)CCCNC(=O)C1CC(O)C1. The standard InChI is InChI=1S/C11H21NO2/c1-8(2)4-3-5-12-11(14)9-6-10(13)7-9/h8-10,13H,3-7H2,1-2H3,(H,12,14). The molecule has 0 bridgehead atoms. The van der Waals surface area contributed by atoms with Crippen molar-refractivity contribution in [3.8, 4) is 0 Å². The molecule has 1 aliphatic rings. The van der Waals surface area contributed by atoms with Gasteiger partial charge in [0.2, 0.25) is 5.91 Å². The minimum Gasteiger partial charge on any atom is -0.393 e. The highest BCUT2D eigenvalue weighted by atomic mass is 16.3. The average molecular weight is 199 g/mol. The van der Waals surface area contributed by atoms with Gasteiger partial charge in [-0.25, -0.2) is 0 Å². The van der Waals surface area contributed by atoms with Crippen LogP contribution in [0.2, 0.25) is 0 Å². The average Bonchev–Trinajstić information content (AvgIpc) is 2.06. The van der Waals surface area contributed by atoms with Gasteiger partial charge in [-0.1, -0.05) is 13.8 Å². The molecule has 0 aromatic heterocycles. The molecular formula is C11H21NO2. The van der Waals surface area contributed by atoms with Gasteiger partial charge in [-0.05, 0) is 31.6 Å². The number of aliphatic hydroxyl groups is 1. The van der Waals surface area contributed by atoms with Gasteiger partial charge in [-0.15, -0.1) is 0 Å². The Morgan fingerprint density at radius 1 is 1.50 bits per heavy atom. The first-order valence-corrected chi connectivity index (χ1v) is 5.55. The highest BCUT2D eigenvalue weighted by Crippen LogP contribution is 2.26. The molecule has 1 rings (SSSR count). The number of nitrogens with one attached hydrogen (secondary N) is 1. The highest BCUT2D eigenvalue weighted by molar-refractivity contribution is 5.79. The van der Waals surface area contributed by atoms with Crippen molar-refractivity contribution in [3.63, 3.8) is 0 Å². The lowest BCUT2D eigenvalue weighted by Crippen LogP contribution is -2.41. The molecular weight excluding hydrogens is 178 g/mol. The molecule has 0 heterocycles. The number of amides is 1. The van der Waals surface area contributed by atoms with Crippen molar-refractivity contribution in [1.29, 1.82) is 0 Å². The quantitative estimate of drug-likeness (QED) is 0.656. The zero-order chi connectivity index (χ0) is 10.6. The summed E-state index contributed by atoms with van der Waals surface area (Å²) in [6, 6.07) is 0. The van der Waals surface area contributed by atoms with Crippen molar-refractivity contribution >= 4 is 5.91 Å². The zero-order valence-electron chi connectivity index (χ0n) is 9.12. The molecule has 1 saturated carbocycles. The molecule has 3 nitrogen and oxygen atoms in total. The van der Waals surface area contributed by atoms with Crippen LogP contribution in [0, 0.1) is 11.8 Å². The van der Waals surface area contributed by atoms with E-state index < -0.39 is 0 Å². The fourth-order valence-corrected chi connectivity index (χ4v) is 1.67. The normalized spacial score (nSPS) is 26.0. The molecule has 0 spiro atoms. The second-order valence-corrected chi connectivity index (χ2v) is 4.65. The predicted octanol–water partition coefficient (Wildman–Crippen LogP) is 1.31. The van der Waals surface area contributed by atoms with Crippen molar-refractivity contribution in [1.82, 2.24) is 5.32 Å². The van der Waals surface area contributed by atoms with Gasteiger partial charge in [0.25, 0.3) is 0 Å². The Bertz CT molecular complexity index is 186. The van der Waals surface area contributed by atoms with Gasteiger partial charge in [0.05, 0.1) is 6.10 Å². The Balaban J connectivity index is 1.99. The fourth-order valence-electron chi connectivity index (χ4n) is 1.67. The van der Waals surface area contributed by atoms with Crippen molar-refractivity contribution in [2.24, 2.45) is 11.8 Å². The topological polar surface area (TPSA) is 49.3 Å². The largest absolute Gasteiger partial charge is 0.393 e. The van der Waals surface area contributed by atoms with Gasteiger partial charge < -0.3 is 10.4 Å². The Hall–Kier alpha value is -0.570. The molecule has 0 saturated heterocycles. The lowest BCUT2D eigenvalue weighted by atomic mass is 9.82. The van der Waals surface area contributed by atoms with Gasteiger partial charge >= 0.3 is 0 Å². The Morgan fingerprint density at radius 2 is 2.14 bits per heavy atom. The van der Waals surface area contributed by atoms with Gasteiger partial charge in [0, 0.05) is 12.5 Å². The molecule has 1 fully saturated rings. The zero-order valence-corrected chi connectivity index (χ0v) is 9.12. The van der Waals surface area contributed by atoms with E-state index in [2.05, 4.69) is 19.2 Å². The molecule has 1 amide bonds. The van der Waals surface area contributed by atoms with Gasteiger partial charge in [-0.3, -0.25) is 4.79 Å². The fraction of sp³-hybridized carbons (Fsp3) is 0.909. The van der Waals surface area contributed by atoms with E-state index in [1.54, 1.807) is 0 Å². The number of hydrogen-bond donors (Lipinski definition) is 2. The van der Waals surface area contributed by atoms with Crippen LogP contribution in [0.5, 0.6) is 0 Å². The summed E-state index contributed by atoms with van der Waals surface area (Å²) in [6.07, 6.45) is 3.28. The summed E-state index contributed by atoms with van der Waals surface area (Å²) >= 11 is 0. The molecule has 0 radical (unpaired) electrons. The minimum absolute atomic E-state index is 0.0732. The number of carbonyl (C=O) groups excluding carboxylic acids is 1. The summed E-state index contributed by atoms with van der Waals surface area (Å²) in [5, 5.41) is 11.9. The highest BCUT2D eigenvalue weighted by Gasteiger charge is 2.32. The van der Waals surface area contributed by atoms with E-state index in [1.807, 2.05) is 0 Å².